The maximum Gasteiger partial charge on any atom is 0.387 e. The van der Waals surface area contributed by atoms with Crippen LogP contribution in [0.15, 0.2) is 42.5 Å². The quantitative estimate of drug-likeness (QED) is 0.605. The summed E-state index contributed by atoms with van der Waals surface area (Å²) in [6, 6.07) is 8.91. The normalized spacial score (nSPS) is 11.9. The lowest BCUT2D eigenvalue weighted by Crippen LogP contribution is -2.26. The molecule has 2 rings (SSSR count). The van der Waals surface area contributed by atoms with Gasteiger partial charge in [0.15, 0.2) is 0 Å². The van der Waals surface area contributed by atoms with Crippen LogP contribution in [-0.4, -0.2) is 17.4 Å². The Labute approximate surface area is 146 Å². The minimum Gasteiger partial charge on any atom is -0.435 e. The Bertz CT molecular complexity index is 784. The maximum atomic E-state index is 12.3. The Morgan fingerprint density at radius 3 is 2.40 bits per heavy atom. The van der Waals surface area contributed by atoms with E-state index in [9.17, 15) is 23.7 Å². The third-order valence-corrected chi connectivity index (χ3v) is 3.67. The summed E-state index contributed by atoms with van der Waals surface area (Å²) >= 11 is 5.91. The zero-order valence-corrected chi connectivity index (χ0v) is 13.7. The van der Waals surface area contributed by atoms with Crippen molar-refractivity contribution in [1.82, 2.24) is 5.32 Å². The summed E-state index contributed by atoms with van der Waals surface area (Å²) in [5, 5.41) is 13.3. The molecule has 25 heavy (non-hydrogen) atoms. The molecule has 0 saturated heterocycles. The van der Waals surface area contributed by atoms with Crippen molar-refractivity contribution in [2.45, 2.75) is 19.6 Å². The van der Waals surface area contributed by atoms with Crippen LogP contribution < -0.4 is 10.1 Å². The Morgan fingerprint density at radius 2 is 1.88 bits per heavy atom. The number of nitrogens with one attached hydrogen (secondary N) is 1. The molecule has 0 radical (unpaired) electrons. The Morgan fingerprint density at radius 1 is 1.24 bits per heavy atom. The second-order valence-electron chi connectivity index (χ2n) is 5.06. The van der Waals surface area contributed by atoms with Crippen molar-refractivity contribution >= 4 is 23.2 Å². The van der Waals surface area contributed by atoms with Gasteiger partial charge in [0.25, 0.3) is 11.6 Å². The molecule has 1 N–H and O–H groups in total. The van der Waals surface area contributed by atoms with Crippen LogP contribution in [0, 0.1) is 10.1 Å². The molecule has 1 atom stereocenters. The van der Waals surface area contributed by atoms with Gasteiger partial charge in [-0.3, -0.25) is 14.9 Å². The van der Waals surface area contributed by atoms with Crippen molar-refractivity contribution in [3.8, 4) is 5.75 Å². The minimum absolute atomic E-state index is 0.00990. The Hall–Kier alpha value is -2.74. The number of hydrogen-bond acceptors (Lipinski definition) is 4. The highest BCUT2D eigenvalue weighted by molar-refractivity contribution is 6.34. The van der Waals surface area contributed by atoms with Gasteiger partial charge in [-0.15, -0.1) is 0 Å². The first-order chi connectivity index (χ1) is 11.8. The molecule has 0 heterocycles. The Balaban J connectivity index is 2.08. The van der Waals surface area contributed by atoms with Crippen LogP contribution in [0.1, 0.15) is 28.9 Å². The van der Waals surface area contributed by atoms with E-state index in [0.717, 1.165) is 6.07 Å². The third-order valence-electron chi connectivity index (χ3n) is 3.36. The Kier molecular flexibility index (Phi) is 5.87. The summed E-state index contributed by atoms with van der Waals surface area (Å²) in [6.45, 7) is -1.22. The summed E-state index contributed by atoms with van der Waals surface area (Å²) in [7, 11) is 0. The van der Waals surface area contributed by atoms with E-state index < -0.39 is 23.5 Å². The van der Waals surface area contributed by atoms with E-state index in [1.165, 1.54) is 24.3 Å². The highest BCUT2D eigenvalue weighted by Crippen LogP contribution is 2.24. The summed E-state index contributed by atoms with van der Waals surface area (Å²) in [5.41, 5.74) is 0.536. The number of halogens is 3. The molecule has 0 spiro atoms. The van der Waals surface area contributed by atoms with Gasteiger partial charge in [0.2, 0.25) is 0 Å². The number of benzene rings is 2. The predicted octanol–water partition coefficient (Wildman–Crippen LogP) is 4.34. The van der Waals surface area contributed by atoms with Gasteiger partial charge < -0.3 is 10.1 Å². The number of nitro benzene ring substituents is 1. The zero-order valence-electron chi connectivity index (χ0n) is 12.9. The van der Waals surface area contributed by atoms with Crippen LogP contribution in [0.25, 0.3) is 0 Å². The van der Waals surface area contributed by atoms with E-state index in [1.807, 2.05) is 0 Å². The van der Waals surface area contributed by atoms with E-state index in [0.29, 0.717) is 5.56 Å². The highest BCUT2D eigenvalue weighted by atomic mass is 35.5. The predicted molar refractivity (Wildman–Crippen MR) is 87.1 cm³/mol. The third kappa shape index (κ3) is 4.87. The molecule has 1 amide bonds. The molecule has 9 heteroatoms. The molecule has 0 aliphatic heterocycles. The van der Waals surface area contributed by atoms with E-state index in [-0.39, 0.29) is 22.0 Å². The highest BCUT2D eigenvalue weighted by Gasteiger charge is 2.17. The van der Waals surface area contributed by atoms with Crippen LogP contribution in [0.4, 0.5) is 14.5 Å². The molecule has 0 aromatic heterocycles. The second-order valence-corrected chi connectivity index (χ2v) is 5.47. The number of alkyl halides is 2. The van der Waals surface area contributed by atoms with Crippen LogP contribution >= 0.6 is 11.6 Å². The van der Waals surface area contributed by atoms with Crippen molar-refractivity contribution in [1.29, 1.82) is 0 Å². The fraction of sp³-hybridized carbons (Fsp3) is 0.188. The van der Waals surface area contributed by atoms with Gasteiger partial charge in [-0.25, -0.2) is 0 Å². The summed E-state index contributed by atoms with van der Waals surface area (Å²) in [6.07, 6.45) is 0. The zero-order chi connectivity index (χ0) is 18.6. The maximum absolute atomic E-state index is 12.3. The SMILES string of the molecule is C[C@H](NC(=O)c1ccc([N+](=O)[O-])cc1Cl)c1ccc(OC(F)F)cc1. The summed E-state index contributed by atoms with van der Waals surface area (Å²) in [4.78, 5) is 22.3. The lowest BCUT2D eigenvalue weighted by Gasteiger charge is -2.15. The van der Waals surface area contributed by atoms with Crippen LogP contribution in [0.3, 0.4) is 0 Å². The molecule has 2 aromatic rings. The van der Waals surface area contributed by atoms with Gasteiger partial charge in [0.1, 0.15) is 5.75 Å². The first kappa shape index (κ1) is 18.6. The lowest BCUT2D eigenvalue weighted by molar-refractivity contribution is -0.384. The molecular weight excluding hydrogens is 358 g/mol. The van der Waals surface area contributed by atoms with Crippen molar-refractivity contribution < 1.29 is 23.2 Å². The van der Waals surface area contributed by atoms with Crippen LogP contribution in [0.5, 0.6) is 5.75 Å². The largest absolute Gasteiger partial charge is 0.435 e. The number of rotatable bonds is 6. The molecule has 0 aliphatic carbocycles. The molecule has 2 aromatic carbocycles. The lowest BCUT2D eigenvalue weighted by atomic mass is 10.1. The van der Waals surface area contributed by atoms with Gasteiger partial charge in [-0.05, 0) is 30.7 Å². The van der Waals surface area contributed by atoms with E-state index in [1.54, 1.807) is 19.1 Å². The molecule has 0 bridgehead atoms. The standard InChI is InChI=1S/C16H13ClF2N2O4/c1-9(10-2-5-12(6-3-10)25-16(18)19)20-15(22)13-7-4-11(21(23)24)8-14(13)17/h2-9,16H,1H3,(H,20,22)/t9-/m0/s1. The van der Waals surface area contributed by atoms with Gasteiger partial charge in [0.05, 0.1) is 21.6 Å². The molecule has 0 fully saturated rings. The molecular formula is C16H13ClF2N2O4. The van der Waals surface area contributed by atoms with Gasteiger partial charge in [0, 0.05) is 12.1 Å². The van der Waals surface area contributed by atoms with Crippen molar-refractivity contribution in [3.05, 3.63) is 68.7 Å². The smallest absolute Gasteiger partial charge is 0.387 e. The van der Waals surface area contributed by atoms with Crippen molar-refractivity contribution in [2.24, 2.45) is 0 Å². The molecule has 6 nitrogen and oxygen atoms in total. The molecule has 0 saturated carbocycles. The number of carbonyl (C=O) groups is 1. The number of hydrogen-bond donors (Lipinski definition) is 1. The first-order valence-electron chi connectivity index (χ1n) is 7.07. The summed E-state index contributed by atoms with van der Waals surface area (Å²) in [5.74, 6) is -0.504. The van der Waals surface area contributed by atoms with Crippen LogP contribution in [-0.2, 0) is 0 Å². The van der Waals surface area contributed by atoms with E-state index in [4.69, 9.17) is 11.6 Å². The van der Waals surface area contributed by atoms with Gasteiger partial charge in [-0.2, -0.15) is 8.78 Å². The van der Waals surface area contributed by atoms with Crippen molar-refractivity contribution in [2.75, 3.05) is 0 Å². The molecule has 0 unspecified atom stereocenters. The van der Waals surface area contributed by atoms with E-state index in [2.05, 4.69) is 10.1 Å². The minimum atomic E-state index is -2.91. The molecule has 132 valence electrons. The number of amides is 1. The average Bonchev–Trinajstić information content (AvgIpc) is 2.54. The number of carbonyl (C=O) groups excluding carboxylic acids is 1. The number of nitro groups is 1. The molecule has 0 aliphatic rings. The monoisotopic (exact) mass is 370 g/mol. The van der Waals surface area contributed by atoms with Crippen LogP contribution in [0.2, 0.25) is 5.02 Å². The average molecular weight is 371 g/mol. The second kappa shape index (κ2) is 7.89. The number of nitrogens with zero attached hydrogens (tertiary/aromatic N) is 1. The number of ether oxygens (including phenoxy) is 1. The topological polar surface area (TPSA) is 81.5 Å². The fourth-order valence-electron chi connectivity index (χ4n) is 2.10. The fourth-order valence-corrected chi connectivity index (χ4v) is 2.36. The van der Waals surface area contributed by atoms with Gasteiger partial charge in [-0.1, -0.05) is 23.7 Å². The summed E-state index contributed by atoms with van der Waals surface area (Å²) < 4.78 is 28.5. The van der Waals surface area contributed by atoms with E-state index >= 15 is 0 Å². The van der Waals surface area contributed by atoms with Crippen molar-refractivity contribution in [3.63, 3.8) is 0 Å². The number of non-ortho nitro benzene ring substituents is 1. The first-order valence-corrected chi connectivity index (χ1v) is 7.45. The van der Waals surface area contributed by atoms with Gasteiger partial charge >= 0.3 is 6.61 Å².